The van der Waals surface area contributed by atoms with E-state index in [1.54, 1.807) is 25.5 Å². The second-order valence-electron chi connectivity index (χ2n) is 2.44. The maximum absolute atomic E-state index is 8.02. The van der Waals surface area contributed by atoms with Crippen LogP contribution in [0, 0.1) is 0 Å². The zero-order valence-electron chi connectivity index (χ0n) is 7.79. The summed E-state index contributed by atoms with van der Waals surface area (Å²) in [6, 6.07) is 3.64. The third kappa shape index (κ3) is 3.16. The summed E-state index contributed by atoms with van der Waals surface area (Å²) in [5, 5.41) is 3.36. The molecule has 14 heavy (non-hydrogen) atoms. The molecule has 1 heterocycles. The Morgan fingerprint density at radius 3 is 3.07 bits per heavy atom. The molecule has 0 amide bonds. The third-order valence-corrected chi connectivity index (χ3v) is 1.53. The van der Waals surface area contributed by atoms with Crippen LogP contribution >= 0.6 is 0 Å². The SMILES string of the molecule is COc1ccc(C=CCN=[N+]=[N-])nc1. The lowest BCUT2D eigenvalue weighted by Gasteiger charge is -1.97. The molecule has 0 radical (unpaired) electrons. The summed E-state index contributed by atoms with van der Waals surface area (Å²) in [6.45, 7) is 0.338. The van der Waals surface area contributed by atoms with Gasteiger partial charge in [-0.2, -0.15) is 0 Å². The normalized spacial score (nSPS) is 9.79. The quantitative estimate of drug-likeness (QED) is 0.415. The van der Waals surface area contributed by atoms with Crippen LogP contribution in [-0.4, -0.2) is 18.6 Å². The number of pyridine rings is 1. The lowest BCUT2D eigenvalue weighted by atomic mass is 10.3. The van der Waals surface area contributed by atoms with Gasteiger partial charge in [0.05, 0.1) is 19.0 Å². The smallest absolute Gasteiger partial charge is 0.137 e. The first-order chi connectivity index (χ1) is 6.86. The van der Waals surface area contributed by atoms with E-state index in [2.05, 4.69) is 15.0 Å². The van der Waals surface area contributed by atoms with Crippen molar-refractivity contribution in [1.29, 1.82) is 0 Å². The van der Waals surface area contributed by atoms with Gasteiger partial charge in [0.25, 0.3) is 0 Å². The van der Waals surface area contributed by atoms with Crippen molar-refractivity contribution in [1.82, 2.24) is 4.98 Å². The lowest BCUT2D eigenvalue weighted by molar-refractivity contribution is 0.413. The Morgan fingerprint density at radius 1 is 1.64 bits per heavy atom. The van der Waals surface area contributed by atoms with Crippen molar-refractivity contribution in [2.75, 3.05) is 13.7 Å². The van der Waals surface area contributed by atoms with E-state index in [4.69, 9.17) is 10.3 Å². The van der Waals surface area contributed by atoms with Crippen LogP contribution in [0.3, 0.4) is 0 Å². The predicted molar refractivity (Wildman–Crippen MR) is 53.8 cm³/mol. The summed E-state index contributed by atoms with van der Waals surface area (Å²) in [6.07, 6.45) is 5.16. The highest BCUT2D eigenvalue weighted by atomic mass is 16.5. The highest BCUT2D eigenvalue weighted by molar-refractivity contribution is 5.45. The zero-order chi connectivity index (χ0) is 10.2. The average Bonchev–Trinajstić information content (AvgIpc) is 2.25. The predicted octanol–water partition coefficient (Wildman–Crippen LogP) is 2.41. The molecule has 0 aromatic carbocycles. The molecule has 5 heteroatoms. The summed E-state index contributed by atoms with van der Waals surface area (Å²) in [4.78, 5) is 6.73. The second-order valence-corrected chi connectivity index (χ2v) is 2.44. The molecular formula is C9H10N4O. The van der Waals surface area contributed by atoms with E-state index < -0.39 is 0 Å². The topological polar surface area (TPSA) is 70.9 Å². The fourth-order valence-corrected chi connectivity index (χ4v) is 0.868. The molecule has 72 valence electrons. The Labute approximate surface area is 81.7 Å². The molecule has 1 aromatic heterocycles. The fraction of sp³-hybridized carbons (Fsp3) is 0.222. The molecule has 0 saturated carbocycles. The van der Waals surface area contributed by atoms with Crippen LogP contribution in [-0.2, 0) is 0 Å². The van der Waals surface area contributed by atoms with Crippen LogP contribution in [0.4, 0.5) is 0 Å². The molecule has 5 nitrogen and oxygen atoms in total. The Morgan fingerprint density at radius 2 is 2.50 bits per heavy atom. The number of hydrogen-bond donors (Lipinski definition) is 0. The molecule has 0 atom stereocenters. The van der Waals surface area contributed by atoms with E-state index in [9.17, 15) is 0 Å². The molecule has 0 aliphatic carbocycles. The van der Waals surface area contributed by atoms with Crippen molar-refractivity contribution in [3.8, 4) is 5.75 Å². The Hall–Kier alpha value is -2.00. The average molecular weight is 190 g/mol. The first kappa shape index (κ1) is 10.1. The summed E-state index contributed by atoms with van der Waals surface area (Å²) >= 11 is 0. The van der Waals surface area contributed by atoms with E-state index in [1.807, 2.05) is 12.1 Å². The van der Waals surface area contributed by atoms with Crippen LogP contribution in [0.25, 0.3) is 16.5 Å². The Balaban J connectivity index is 2.59. The molecule has 0 aliphatic rings. The minimum absolute atomic E-state index is 0.338. The maximum Gasteiger partial charge on any atom is 0.137 e. The van der Waals surface area contributed by atoms with Gasteiger partial charge in [-0.1, -0.05) is 11.2 Å². The number of nitrogens with zero attached hydrogens (tertiary/aromatic N) is 4. The van der Waals surface area contributed by atoms with E-state index in [0.717, 1.165) is 11.4 Å². The van der Waals surface area contributed by atoms with Gasteiger partial charge in [-0.25, -0.2) is 0 Å². The van der Waals surface area contributed by atoms with Crippen LogP contribution in [0.2, 0.25) is 0 Å². The molecule has 1 aromatic rings. The fourth-order valence-electron chi connectivity index (χ4n) is 0.868. The maximum atomic E-state index is 8.02. The van der Waals surface area contributed by atoms with Gasteiger partial charge >= 0.3 is 0 Å². The number of rotatable bonds is 4. The summed E-state index contributed by atoms with van der Waals surface area (Å²) < 4.78 is 4.96. The second kappa shape index (κ2) is 5.61. The minimum atomic E-state index is 0.338. The van der Waals surface area contributed by atoms with Gasteiger partial charge in [-0.3, -0.25) is 4.98 Å². The van der Waals surface area contributed by atoms with Gasteiger partial charge in [0.1, 0.15) is 5.75 Å². The monoisotopic (exact) mass is 190 g/mol. The van der Waals surface area contributed by atoms with E-state index in [0.29, 0.717) is 6.54 Å². The van der Waals surface area contributed by atoms with Gasteiger partial charge in [-0.15, -0.1) is 0 Å². The van der Waals surface area contributed by atoms with Crippen LogP contribution in [0.5, 0.6) is 5.75 Å². The molecular weight excluding hydrogens is 180 g/mol. The summed E-state index contributed by atoms with van der Waals surface area (Å²) in [5.74, 6) is 0.720. The van der Waals surface area contributed by atoms with Crippen molar-refractivity contribution in [3.05, 3.63) is 40.5 Å². The van der Waals surface area contributed by atoms with Crippen molar-refractivity contribution < 1.29 is 4.74 Å². The van der Waals surface area contributed by atoms with Crippen molar-refractivity contribution in [2.24, 2.45) is 5.11 Å². The van der Waals surface area contributed by atoms with Crippen molar-refractivity contribution in [3.63, 3.8) is 0 Å². The van der Waals surface area contributed by atoms with Crippen LogP contribution in [0.15, 0.2) is 29.5 Å². The number of hydrogen-bond acceptors (Lipinski definition) is 3. The van der Waals surface area contributed by atoms with E-state index in [1.165, 1.54) is 0 Å². The summed E-state index contributed by atoms with van der Waals surface area (Å²) in [7, 11) is 1.59. The molecule has 0 fully saturated rings. The van der Waals surface area contributed by atoms with Gasteiger partial charge < -0.3 is 4.74 Å². The molecule has 0 spiro atoms. The first-order valence-corrected chi connectivity index (χ1v) is 4.04. The number of azide groups is 1. The largest absolute Gasteiger partial charge is 0.495 e. The molecule has 1 rings (SSSR count). The molecule has 0 bridgehead atoms. The minimum Gasteiger partial charge on any atom is -0.495 e. The van der Waals surface area contributed by atoms with Gasteiger partial charge in [0, 0.05) is 11.5 Å². The van der Waals surface area contributed by atoms with E-state index >= 15 is 0 Å². The highest BCUT2D eigenvalue weighted by Gasteiger charge is 1.90. The van der Waals surface area contributed by atoms with Crippen LogP contribution < -0.4 is 4.74 Å². The standard InChI is InChI=1S/C9H10N4O/c1-14-9-5-4-8(11-7-9)3-2-6-12-13-10/h2-5,7H,6H2,1H3. The van der Waals surface area contributed by atoms with Gasteiger partial charge in [-0.05, 0) is 23.7 Å². The van der Waals surface area contributed by atoms with E-state index in [-0.39, 0.29) is 0 Å². The zero-order valence-corrected chi connectivity index (χ0v) is 7.79. The van der Waals surface area contributed by atoms with Crippen LogP contribution in [0.1, 0.15) is 5.69 Å². The van der Waals surface area contributed by atoms with Crippen molar-refractivity contribution in [2.45, 2.75) is 0 Å². The summed E-state index contributed by atoms with van der Waals surface area (Å²) in [5.41, 5.74) is 8.83. The lowest BCUT2D eigenvalue weighted by Crippen LogP contribution is -1.85. The van der Waals surface area contributed by atoms with Crippen molar-refractivity contribution >= 4 is 6.08 Å². The Bertz CT molecular complexity index is 352. The van der Waals surface area contributed by atoms with Gasteiger partial charge in [0.2, 0.25) is 0 Å². The number of ether oxygens (including phenoxy) is 1. The molecule has 0 aliphatic heterocycles. The third-order valence-electron chi connectivity index (χ3n) is 1.53. The number of aromatic nitrogens is 1. The Kier molecular flexibility index (Phi) is 4.04. The highest BCUT2D eigenvalue weighted by Crippen LogP contribution is 2.08. The molecule has 0 saturated heterocycles. The molecule has 0 N–H and O–H groups in total. The van der Waals surface area contributed by atoms with Gasteiger partial charge in [0.15, 0.2) is 0 Å². The number of methoxy groups -OCH3 is 1. The first-order valence-electron chi connectivity index (χ1n) is 4.04. The molecule has 0 unspecified atom stereocenters.